The molecule has 0 radical (unpaired) electrons. The van der Waals surface area contributed by atoms with Crippen LogP contribution in [0.5, 0.6) is 0 Å². The number of benzene rings is 1. The van der Waals surface area contributed by atoms with Crippen LogP contribution in [0.1, 0.15) is 33.6 Å². The summed E-state index contributed by atoms with van der Waals surface area (Å²) in [4.78, 5) is 13.7. The average molecular weight is 285 g/mol. The molecule has 5 nitrogen and oxygen atoms in total. The summed E-state index contributed by atoms with van der Waals surface area (Å²) in [6.07, 6.45) is 2.05. The molecule has 0 saturated carbocycles. The summed E-state index contributed by atoms with van der Waals surface area (Å²) in [5.74, 6) is -0.204. The third-order valence-electron chi connectivity index (χ3n) is 4.06. The van der Waals surface area contributed by atoms with E-state index in [0.29, 0.717) is 17.1 Å². The summed E-state index contributed by atoms with van der Waals surface area (Å²) < 4.78 is 1.69. The molecule has 0 fully saturated rings. The Morgan fingerprint density at radius 1 is 1.29 bits per heavy atom. The van der Waals surface area contributed by atoms with Gasteiger partial charge in [-0.3, -0.25) is 4.68 Å². The average Bonchev–Trinajstić information content (AvgIpc) is 2.62. The van der Waals surface area contributed by atoms with E-state index in [0.717, 1.165) is 25.9 Å². The van der Waals surface area contributed by atoms with Crippen molar-refractivity contribution in [2.75, 3.05) is 11.4 Å². The van der Waals surface area contributed by atoms with Gasteiger partial charge >= 0.3 is 5.97 Å². The highest BCUT2D eigenvalue weighted by molar-refractivity contribution is 5.94. The van der Waals surface area contributed by atoms with Gasteiger partial charge < -0.3 is 10.0 Å². The zero-order valence-electron chi connectivity index (χ0n) is 12.3. The zero-order chi connectivity index (χ0) is 15.0. The van der Waals surface area contributed by atoms with Crippen LogP contribution in [0, 0.1) is 6.92 Å². The number of hydrogen-bond acceptors (Lipinski definition) is 3. The van der Waals surface area contributed by atoms with E-state index < -0.39 is 5.97 Å². The summed E-state index contributed by atoms with van der Waals surface area (Å²) in [5, 5.41) is 13.8. The molecule has 0 saturated heterocycles. The van der Waals surface area contributed by atoms with E-state index in [1.165, 1.54) is 11.1 Å². The first kappa shape index (κ1) is 13.7. The van der Waals surface area contributed by atoms with Gasteiger partial charge in [0, 0.05) is 20.1 Å². The fourth-order valence-corrected chi connectivity index (χ4v) is 3.14. The van der Waals surface area contributed by atoms with Crippen LogP contribution < -0.4 is 4.90 Å². The van der Waals surface area contributed by atoms with Crippen molar-refractivity contribution in [2.45, 2.75) is 26.3 Å². The van der Waals surface area contributed by atoms with Crippen LogP contribution in [0.2, 0.25) is 0 Å². The second kappa shape index (κ2) is 5.24. The van der Waals surface area contributed by atoms with Crippen LogP contribution in [0.15, 0.2) is 24.3 Å². The molecule has 2 heterocycles. The van der Waals surface area contributed by atoms with Crippen LogP contribution in [0.3, 0.4) is 0 Å². The van der Waals surface area contributed by atoms with Gasteiger partial charge in [-0.15, -0.1) is 0 Å². The maximum absolute atomic E-state index is 11.6. The molecule has 0 amide bonds. The van der Waals surface area contributed by atoms with Crippen molar-refractivity contribution in [2.24, 2.45) is 7.05 Å². The van der Waals surface area contributed by atoms with Gasteiger partial charge in [-0.2, -0.15) is 5.10 Å². The Bertz CT molecular complexity index is 691. The van der Waals surface area contributed by atoms with E-state index in [2.05, 4.69) is 28.2 Å². The molecule has 0 atom stereocenters. The van der Waals surface area contributed by atoms with Crippen molar-refractivity contribution in [3.63, 3.8) is 0 Å². The van der Waals surface area contributed by atoms with Crippen molar-refractivity contribution in [1.82, 2.24) is 9.78 Å². The Balaban J connectivity index is 2.04. The molecule has 1 aromatic heterocycles. The van der Waals surface area contributed by atoms with E-state index >= 15 is 0 Å². The van der Waals surface area contributed by atoms with E-state index in [4.69, 9.17) is 0 Å². The number of fused-ring (bicyclic) bond motifs is 1. The third-order valence-corrected chi connectivity index (χ3v) is 4.06. The first-order valence-corrected chi connectivity index (χ1v) is 7.16. The SMILES string of the molecule is Cc1nn(C)c(N2CCCc3ccccc3C2)c1C(=O)O. The minimum atomic E-state index is -0.909. The van der Waals surface area contributed by atoms with Crippen molar-refractivity contribution < 1.29 is 9.90 Å². The third kappa shape index (κ3) is 2.39. The highest BCUT2D eigenvalue weighted by Gasteiger charge is 2.25. The minimum Gasteiger partial charge on any atom is -0.477 e. The molecule has 1 aliphatic heterocycles. The zero-order valence-corrected chi connectivity index (χ0v) is 12.3. The van der Waals surface area contributed by atoms with Gasteiger partial charge in [0.15, 0.2) is 0 Å². The summed E-state index contributed by atoms with van der Waals surface area (Å²) in [6.45, 7) is 3.32. The molecule has 0 unspecified atom stereocenters. The maximum Gasteiger partial charge on any atom is 0.341 e. The number of hydrogen-bond donors (Lipinski definition) is 1. The quantitative estimate of drug-likeness (QED) is 0.920. The first-order valence-electron chi connectivity index (χ1n) is 7.16. The maximum atomic E-state index is 11.6. The molecule has 21 heavy (non-hydrogen) atoms. The molecular weight excluding hydrogens is 266 g/mol. The summed E-state index contributed by atoms with van der Waals surface area (Å²) in [5.41, 5.74) is 3.51. The number of carboxylic acids is 1. The predicted octanol–water partition coefficient (Wildman–Crippen LogP) is 2.38. The number of nitrogens with zero attached hydrogens (tertiary/aromatic N) is 3. The largest absolute Gasteiger partial charge is 0.477 e. The summed E-state index contributed by atoms with van der Waals surface area (Å²) >= 11 is 0. The Hall–Kier alpha value is -2.30. The van der Waals surface area contributed by atoms with Crippen molar-refractivity contribution in [3.05, 3.63) is 46.6 Å². The lowest BCUT2D eigenvalue weighted by Gasteiger charge is -2.23. The summed E-state index contributed by atoms with van der Waals surface area (Å²) in [6, 6.07) is 8.38. The van der Waals surface area contributed by atoms with Crippen molar-refractivity contribution >= 4 is 11.8 Å². The minimum absolute atomic E-state index is 0.317. The predicted molar refractivity (Wildman–Crippen MR) is 80.7 cm³/mol. The van der Waals surface area contributed by atoms with Crippen molar-refractivity contribution in [1.29, 1.82) is 0 Å². The normalized spacial score (nSPS) is 14.7. The van der Waals surface area contributed by atoms with Gasteiger partial charge in [0.25, 0.3) is 0 Å². The lowest BCUT2D eigenvalue weighted by atomic mass is 10.0. The number of aromatic carboxylic acids is 1. The van der Waals surface area contributed by atoms with Crippen LogP contribution >= 0.6 is 0 Å². The molecule has 3 rings (SSSR count). The number of aromatic nitrogens is 2. The molecule has 1 N–H and O–H groups in total. The second-order valence-corrected chi connectivity index (χ2v) is 5.51. The molecule has 0 spiro atoms. The van der Waals surface area contributed by atoms with E-state index in [1.807, 2.05) is 13.1 Å². The molecule has 1 aliphatic rings. The Morgan fingerprint density at radius 2 is 2.00 bits per heavy atom. The highest BCUT2D eigenvalue weighted by Crippen LogP contribution is 2.28. The van der Waals surface area contributed by atoms with Gasteiger partial charge in [0.2, 0.25) is 0 Å². The monoisotopic (exact) mass is 285 g/mol. The molecule has 1 aromatic carbocycles. The van der Waals surface area contributed by atoms with Crippen LogP contribution in [-0.2, 0) is 20.0 Å². The number of carbonyl (C=O) groups is 1. The van der Waals surface area contributed by atoms with Gasteiger partial charge in [0.1, 0.15) is 11.4 Å². The van der Waals surface area contributed by atoms with E-state index in [-0.39, 0.29) is 0 Å². The fourth-order valence-electron chi connectivity index (χ4n) is 3.14. The lowest BCUT2D eigenvalue weighted by Crippen LogP contribution is -2.26. The fraction of sp³-hybridized carbons (Fsp3) is 0.375. The molecule has 0 bridgehead atoms. The van der Waals surface area contributed by atoms with Gasteiger partial charge in [0.05, 0.1) is 5.69 Å². The van der Waals surface area contributed by atoms with Crippen LogP contribution in [-0.4, -0.2) is 27.4 Å². The first-order chi connectivity index (χ1) is 10.1. The topological polar surface area (TPSA) is 58.4 Å². The summed E-state index contributed by atoms with van der Waals surface area (Å²) in [7, 11) is 1.81. The molecule has 2 aromatic rings. The number of carboxylic acid groups (broad SMARTS) is 1. The number of aryl methyl sites for hydroxylation is 3. The van der Waals surface area contributed by atoms with E-state index in [1.54, 1.807) is 11.6 Å². The standard InChI is InChI=1S/C16H19N3O2/c1-11-14(16(20)21)15(18(2)17-11)19-9-5-8-12-6-3-4-7-13(12)10-19/h3-4,6-7H,5,8-10H2,1-2H3,(H,20,21). The molecule has 110 valence electrons. The highest BCUT2D eigenvalue weighted by atomic mass is 16.4. The molecule has 5 heteroatoms. The smallest absolute Gasteiger partial charge is 0.341 e. The van der Waals surface area contributed by atoms with Gasteiger partial charge in [-0.05, 0) is 30.9 Å². The van der Waals surface area contributed by atoms with Gasteiger partial charge in [-0.25, -0.2) is 4.79 Å². The second-order valence-electron chi connectivity index (χ2n) is 5.51. The van der Waals surface area contributed by atoms with Crippen molar-refractivity contribution in [3.8, 4) is 0 Å². The molecule has 0 aliphatic carbocycles. The number of rotatable bonds is 2. The Labute approximate surface area is 123 Å². The van der Waals surface area contributed by atoms with Gasteiger partial charge in [-0.1, -0.05) is 24.3 Å². The van der Waals surface area contributed by atoms with Crippen LogP contribution in [0.25, 0.3) is 0 Å². The lowest BCUT2D eigenvalue weighted by molar-refractivity contribution is 0.0696. The van der Waals surface area contributed by atoms with Crippen LogP contribution in [0.4, 0.5) is 5.82 Å². The van der Waals surface area contributed by atoms with E-state index in [9.17, 15) is 9.90 Å². The Kier molecular flexibility index (Phi) is 3.41. The molecular formula is C16H19N3O2. The Morgan fingerprint density at radius 3 is 2.71 bits per heavy atom. The number of anilines is 1.